The van der Waals surface area contributed by atoms with Crippen molar-refractivity contribution in [1.29, 1.82) is 0 Å². The number of aromatic nitrogens is 2. The Labute approximate surface area is 121 Å². The molecule has 0 aliphatic heterocycles. The molecule has 0 spiro atoms. The monoisotopic (exact) mass is 297 g/mol. The average Bonchev–Trinajstić information content (AvgIpc) is 2.42. The number of nitrogens with zero attached hydrogens (tertiary/aromatic N) is 2. The van der Waals surface area contributed by atoms with E-state index in [4.69, 9.17) is 23.2 Å². The van der Waals surface area contributed by atoms with E-state index in [-0.39, 0.29) is 10.6 Å². The Balaban J connectivity index is 2.19. The Kier molecular flexibility index (Phi) is 4.45. The van der Waals surface area contributed by atoms with Gasteiger partial charge in [-0.2, -0.15) is 5.10 Å². The molecular weight excluding hydrogens is 285 g/mol. The van der Waals surface area contributed by atoms with Gasteiger partial charge in [0, 0.05) is 18.1 Å². The Hall–Kier alpha value is -1.52. The molecule has 1 aromatic heterocycles. The summed E-state index contributed by atoms with van der Waals surface area (Å²) in [6, 6.07) is 7.48. The van der Waals surface area contributed by atoms with Crippen LogP contribution in [0.5, 0.6) is 0 Å². The van der Waals surface area contributed by atoms with Gasteiger partial charge in [0.1, 0.15) is 5.02 Å². The smallest absolute Gasteiger partial charge is 0.287 e. The first-order valence-electron chi connectivity index (χ1n) is 5.86. The van der Waals surface area contributed by atoms with Crippen LogP contribution < -0.4 is 10.9 Å². The van der Waals surface area contributed by atoms with Gasteiger partial charge in [0.15, 0.2) is 0 Å². The summed E-state index contributed by atoms with van der Waals surface area (Å²) in [7, 11) is 0. The predicted molar refractivity (Wildman–Crippen MR) is 78.0 cm³/mol. The van der Waals surface area contributed by atoms with Gasteiger partial charge in [-0.25, -0.2) is 4.68 Å². The van der Waals surface area contributed by atoms with Crippen LogP contribution in [0.2, 0.25) is 10.0 Å². The van der Waals surface area contributed by atoms with E-state index in [2.05, 4.69) is 10.4 Å². The lowest BCUT2D eigenvalue weighted by atomic mass is 10.2. The van der Waals surface area contributed by atoms with Crippen molar-refractivity contribution in [3.63, 3.8) is 0 Å². The maximum atomic E-state index is 11.8. The van der Waals surface area contributed by atoms with Gasteiger partial charge >= 0.3 is 0 Å². The Bertz CT molecular complexity index is 640. The highest BCUT2D eigenvalue weighted by atomic mass is 35.5. The molecule has 0 aliphatic rings. The first-order valence-corrected chi connectivity index (χ1v) is 6.62. The minimum atomic E-state index is -0.298. The van der Waals surface area contributed by atoms with Crippen LogP contribution in [0.15, 0.2) is 35.3 Å². The highest BCUT2D eigenvalue weighted by Crippen LogP contribution is 2.19. The zero-order valence-corrected chi connectivity index (χ0v) is 11.9. The molecule has 0 atom stereocenters. The number of hydrogen-bond acceptors (Lipinski definition) is 3. The Morgan fingerprint density at radius 2 is 2.05 bits per heavy atom. The van der Waals surface area contributed by atoms with Crippen LogP contribution in [0.3, 0.4) is 0 Å². The van der Waals surface area contributed by atoms with Crippen molar-refractivity contribution >= 4 is 28.9 Å². The molecule has 0 saturated carbocycles. The molecule has 100 valence electrons. The average molecular weight is 298 g/mol. The van der Waals surface area contributed by atoms with Crippen molar-refractivity contribution in [2.24, 2.45) is 0 Å². The van der Waals surface area contributed by atoms with Gasteiger partial charge in [-0.15, -0.1) is 0 Å². The second kappa shape index (κ2) is 6.08. The summed E-state index contributed by atoms with van der Waals surface area (Å²) in [5.74, 6) is 0. The normalized spacial score (nSPS) is 10.5. The Morgan fingerprint density at radius 3 is 2.74 bits per heavy atom. The van der Waals surface area contributed by atoms with E-state index < -0.39 is 0 Å². The van der Waals surface area contributed by atoms with Crippen molar-refractivity contribution in [2.75, 3.05) is 5.32 Å². The molecule has 0 bridgehead atoms. The fourth-order valence-corrected chi connectivity index (χ4v) is 2.06. The van der Waals surface area contributed by atoms with Crippen molar-refractivity contribution in [3.8, 4) is 0 Å². The van der Waals surface area contributed by atoms with E-state index in [1.54, 1.807) is 6.20 Å². The quantitative estimate of drug-likeness (QED) is 0.943. The Morgan fingerprint density at radius 1 is 1.32 bits per heavy atom. The summed E-state index contributed by atoms with van der Waals surface area (Å²) < 4.78 is 1.31. The number of nitrogens with one attached hydrogen (secondary N) is 1. The first kappa shape index (κ1) is 13.9. The maximum Gasteiger partial charge on any atom is 0.287 e. The van der Waals surface area contributed by atoms with Gasteiger partial charge in [0.05, 0.1) is 11.9 Å². The third-order valence-electron chi connectivity index (χ3n) is 2.71. The molecule has 1 heterocycles. The van der Waals surface area contributed by atoms with E-state index in [0.717, 1.165) is 5.56 Å². The maximum absolute atomic E-state index is 11.8. The van der Waals surface area contributed by atoms with Gasteiger partial charge in [0.25, 0.3) is 5.56 Å². The summed E-state index contributed by atoms with van der Waals surface area (Å²) in [5.41, 5.74) is 1.14. The van der Waals surface area contributed by atoms with Gasteiger partial charge in [-0.05, 0) is 18.6 Å². The number of aryl methyl sites for hydroxylation is 1. The fourth-order valence-electron chi connectivity index (χ4n) is 1.65. The third kappa shape index (κ3) is 3.08. The molecule has 4 nitrogen and oxygen atoms in total. The summed E-state index contributed by atoms with van der Waals surface area (Å²) in [4.78, 5) is 11.8. The van der Waals surface area contributed by atoms with Crippen molar-refractivity contribution in [1.82, 2.24) is 9.78 Å². The highest BCUT2D eigenvalue weighted by molar-refractivity contribution is 6.33. The van der Waals surface area contributed by atoms with Crippen LogP contribution in [0, 0.1) is 0 Å². The highest BCUT2D eigenvalue weighted by Gasteiger charge is 2.08. The van der Waals surface area contributed by atoms with Crippen molar-refractivity contribution < 1.29 is 0 Å². The fraction of sp³-hybridized carbons (Fsp3) is 0.231. The van der Waals surface area contributed by atoms with Crippen LogP contribution >= 0.6 is 23.2 Å². The molecular formula is C13H13Cl2N3O. The second-order valence-electron chi connectivity index (χ2n) is 3.94. The van der Waals surface area contributed by atoms with E-state index in [1.165, 1.54) is 4.68 Å². The molecule has 2 aromatic rings. The van der Waals surface area contributed by atoms with Crippen LogP contribution in [-0.4, -0.2) is 9.78 Å². The second-order valence-corrected chi connectivity index (χ2v) is 4.72. The van der Waals surface area contributed by atoms with E-state index >= 15 is 0 Å². The van der Waals surface area contributed by atoms with Crippen LogP contribution in [0.25, 0.3) is 0 Å². The summed E-state index contributed by atoms with van der Waals surface area (Å²) in [6.45, 7) is 2.81. The molecule has 0 fully saturated rings. The number of rotatable bonds is 4. The SMILES string of the molecule is CCn1ncc(NCc2ccccc2Cl)c(Cl)c1=O. The molecule has 0 saturated heterocycles. The molecule has 1 aromatic carbocycles. The number of benzene rings is 1. The largest absolute Gasteiger partial charge is 0.378 e. The van der Waals surface area contributed by atoms with Crippen LogP contribution in [0.4, 0.5) is 5.69 Å². The zero-order valence-electron chi connectivity index (χ0n) is 10.4. The van der Waals surface area contributed by atoms with E-state index in [9.17, 15) is 4.79 Å². The minimum Gasteiger partial charge on any atom is -0.378 e. The van der Waals surface area contributed by atoms with Crippen LogP contribution in [-0.2, 0) is 13.1 Å². The summed E-state index contributed by atoms with van der Waals surface area (Å²) in [6.07, 6.45) is 1.55. The summed E-state index contributed by atoms with van der Waals surface area (Å²) in [5, 5.41) is 7.90. The van der Waals surface area contributed by atoms with E-state index in [0.29, 0.717) is 23.8 Å². The minimum absolute atomic E-state index is 0.143. The lowest BCUT2D eigenvalue weighted by Crippen LogP contribution is -2.23. The number of anilines is 1. The topological polar surface area (TPSA) is 46.9 Å². The van der Waals surface area contributed by atoms with E-state index in [1.807, 2.05) is 31.2 Å². The number of hydrogen-bond donors (Lipinski definition) is 1. The van der Waals surface area contributed by atoms with Crippen LogP contribution in [0.1, 0.15) is 12.5 Å². The lowest BCUT2D eigenvalue weighted by Gasteiger charge is -2.10. The molecule has 6 heteroatoms. The predicted octanol–water partition coefficient (Wildman–Crippen LogP) is 3.18. The van der Waals surface area contributed by atoms with Gasteiger partial charge < -0.3 is 5.32 Å². The van der Waals surface area contributed by atoms with Gasteiger partial charge in [-0.3, -0.25) is 4.79 Å². The molecule has 19 heavy (non-hydrogen) atoms. The standard InChI is InChI=1S/C13H13Cl2N3O/c1-2-18-13(19)12(15)11(8-17-18)16-7-9-5-3-4-6-10(9)14/h3-6,8,16H,2,7H2,1H3. The molecule has 0 aliphatic carbocycles. The first-order chi connectivity index (χ1) is 9.13. The molecule has 0 unspecified atom stereocenters. The molecule has 1 N–H and O–H groups in total. The lowest BCUT2D eigenvalue weighted by molar-refractivity contribution is 0.616. The molecule has 0 amide bonds. The van der Waals surface area contributed by atoms with Crippen molar-refractivity contribution in [3.05, 3.63) is 56.4 Å². The molecule has 2 rings (SSSR count). The zero-order chi connectivity index (χ0) is 13.8. The third-order valence-corrected chi connectivity index (χ3v) is 3.45. The van der Waals surface area contributed by atoms with Gasteiger partial charge in [0.2, 0.25) is 0 Å². The summed E-state index contributed by atoms with van der Waals surface area (Å²) >= 11 is 12.1. The molecule has 0 radical (unpaired) electrons. The van der Waals surface area contributed by atoms with Gasteiger partial charge in [-0.1, -0.05) is 41.4 Å². The number of halogens is 2. The van der Waals surface area contributed by atoms with Crippen molar-refractivity contribution in [2.45, 2.75) is 20.0 Å².